The largest absolute Gasteiger partial charge is 0.313 e. The molecule has 0 aliphatic rings. The molecule has 0 bridgehead atoms. The predicted molar refractivity (Wildman–Crippen MR) is 84.9 cm³/mol. The van der Waals surface area contributed by atoms with Crippen molar-refractivity contribution in [3.8, 4) is 0 Å². The summed E-state index contributed by atoms with van der Waals surface area (Å²) < 4.78 is 0.521. The van der Waals surface area contributed by atoms with Crippen molar-refractivity contribution in [3.05, 3.63) is 38.3 Å². The van der Waals surface area contributed by atoms with Crippen molar-refractivity contribution in [1.29, 1.82) is 0 Å². The fourth-order valence-corrected chi connectivity index (χ4v) is 2.40. The molecule has 1 rings (SSSR count). The van der Waals surface area contributed by atoms with E-state index in [1.165, 1.54) is 0 Å². The number of benzene rings is 1. The third-order valence-corrected chi connectivity index (χ3v) is 3.93. The highest BCUT2D eigenvalue weighted by Gasteiger charge is 2.11. The number of hydrogen-bond donors (Lipinski definition) is 1. The second-order valence-corrected chi connectivity index (χ2v) is 5.45. The average Bonchev–Trinajstić information content (AvgIpc) is 2.44. The first-order chi connectivity index (χ1) is 9.58. The van der Waals surface area contributed by atoms with E-state index in [1.807, 2.05) is 6.07 Å². The first-order valence-electron chi connectivity index (χ1n) is 6.94. The van der Waals surface area contributed by atoms with Gasteiger partial charge in [0.15, 0.2) is 0 Å². The smallest absolute Gasteiger partial charge is 0.283 e. The van der Waals surface area contributed by atoms with Gasteiger partial charge in [-0.05, 0) is 60.2 Å². The maximum atomic E-state index is 10.8. The molecule has 0 heterocycles. The van der Waals surface area contributed by atoms with Crippen molar-refractivity contribution in [3.63, 3.8) is 0 Å². The van der Waals surface area contributed by atoms with Gasteiger partial charge in [0, 0.05) is 12.6 Å². The van der Waals surface area contributed by atoms with Gasteiger partial charge in [0.2, 0.25) is 0 Å². The van der Waals surface area contributed by atoms with E-state index in [1.54, 1.807) is 12.1 Å². The molecule has 0 amide bonds. The fourth-order valence-electron chi connectivity index (χ4n) is 2.01. The van der Waals surface area contributed by atoms with Crippen LogP contribution in [-0.2, 0) is 6.54 Å². The monoisotopic (exact) mass is 343 g/mol. The molecule has 5 nitrogen and oxygen atoms in total. The third-order valence-electron chi connectivity index (χ3n) is 3.26. The van der Waals surface area contributed by atoms with Crippen molar-refractivity contribution >= 4 is 21.6 Å². The Labute approximate surface area is 128 Å². The molecule has 0 aromatic heterocycles. The van der Waals surface area contributed by atoms with Gasteiger partial charge in [-0.15, -0.1) is 0 Å². The minimum atomic E-state index is -0.367. The van der Waals surface area contributed by atoms with Crippen LogP contribution in [0.3, 0.4) is 0 Å². The Balaban J connectivity index is 2.35. The van der Waals surface area contributed by atoms with Crippen LogP contribution in [0.4, 0.5) is 5.69 Å². The Kier molecular flexibility index (Phi) is 7.72. The number of nitrogens with zero attached hydrogens (tertiary/aromatic N) is 2. The lowest BCUT2D eigenvalue weighted by atomic mass is 10.2. The number of rotatable bonds is 9. The Morgan fingerprint density at radius 1 is 1.35 bits per heavy atom. The van der Waals surface area contributed by atoms with E-state index in [-0.39, 0.29) is 10.6 Å². The molecule has 1 aromatic rings. The number of nitrogens with one attached hydrogen (secondary N) is 1. The van der Waals surface area contributed by atoms with Crippen LogP contribution in [-0.4, -0.2) is 36.0 Å². The molecular weight excluding hydrogens is 322 g/mol. The molecule has 1 aromatic carbocycles. The van der Waals surface area contributed by atoms with Crippen LogP contribution in [0.5, 0.6) is 0 Å². The predicted octanol–water partition coefficient (Wildman–Crippen LogP) is 3.18. The third kappa shape index (κ3) is 5.56. The highest BCUT2D eigenvalue weighted by molar-refractivity contribution is 9.10. The summed E-state index contributed by atoms with van der Waals surface area (Å²) in [5.41, 5.74) is 1.05. The lowest BCUT2D eigenvalue weighted by molar-refractivity contribution is -0.385. The average molecular weight is 344 g/mol. The highest BCUT2D eigenvalue weighted by atomic mass is 79.9. The van der Waals surface area contributed by atoms with E-state index in [4.69, 9.17) is 0 Å². The number of hydrogen-bond acceptors (Lipinski definition) is 4. The van der Waals surface area contributed by atoms with Gasteiger partial charge in [0.1, 0.15) is 0 Å². The van der Waals surface area contributed by atoms with Gasteiger partial charge >= 0.3 is 0 Å². The van der Waals surface area contributed by atoms with Crippen LogP contribution in [0.1, 0.15) is 25.8 Å². The van der Waals surface area contributed by atoms with Gasteiger partial charge in [0.05, 0.1) is 9.40 Å². The van der Waals surface area contributed by atoms with Crippen molar-refractivity contribution in [1.82, 2.24) is 10.2 Å². The molecule has 0 fully saturated rings. The molecular formula is C14H22BrN3O2. The Bertz CT molecular complexity index is 436. The van der Waals surface area contributed by atoms with E-state index in [2.05, 4.69) is 40.0 Å². The number of halogens is 1. The minimum absolute atomic E-state index is 0.118. The summed E-state index contributed by atoms with van der Waals surface area (Å²) >= 11 is 3.19. The number of nitro groups is 1. The van der Waals surface area contributed by atoms with Crippen LogP contribution in [0.2, 0.25) is 0 Å². The zero-order chi connectivity index (χ0) is 15.0. The molecule has 0 aliphatic carbocycles. The first kappa shape index (κ1) is 17.1. The maximum Gasteiger partial charge on any atom is 0.283 e. The van der Waals surface area contributed by atoms with Crippen molar-refractivity contribution in [2.75, 3.05) is 26.2 Å². The molecule has 0 saturated heterocycles. The van der Waals surface area contributed by atoms with Crippen molar-refractivity contribution < 1.29 is 4.92 Å². The quantitative estimate of drug-likeness (QED) is 0.425. The van der Waals surface area contributed by atoms with Crippen LogP contribution in [0.25, 0.3) is 0 Å². The molecule has 0 atom stereocenters. The number of nitro benzene ring substituents is 1. The second kappa shape index (κ2) is 9.05. The fraction of sp³-hybridized carbons (Fsp3) is 0.571. The van der Waals surface area contributed by atoms with Gasteiger partial charge in [-0.2, -0.15) is 0 Å². The van der Waals surface area contributed by atoms with E-state index >= 15 is 0 Å². The lowest BCUT2D eigenvalue weighted by Crippen LogP contribution is -2.27. The van der Waals surface area contributed by atoms with E-state index in [0.717, 1.165) is 38.2 Å². The Morgan fingerprint density at radius 3 is 2.65 bits per heavy atom. The van der Waals surface area contributed by atoms with Crippen LogP contribution in [0, 0.1) is 10.1 Å². The lowest BCUT2D eigenvalue weighted by Gasteiger charge is -2.17. The van der Waals surface area contributed by atoms with Gasteiger partial charge < -0.3 is 10.2 Å². The molecule has 0 saturated carbocycles. The Hall–Kier alpha value is -0.980. The zero-order valence-corrected chi connectivity index (χ0v) is 13.6. The molecule has 20 heavy (non-hydrogen) atoms. The maximum absolute atomic E-state index is 10.8. The summed E-state index contributed by atoms with van der Waals surface area (Å²) in [5, 5.41) is 14.2. The normalized spacial score (nSPS) is 11.0. The molecule has 0 unspecified atom stereocenters. The standard InChI is InChI=1S/C14H22BrN3O2/c1-3-17(4-2)9-5-8-16-11-12-6-7-13(15)14(10-12)18(19)20/h6-7,10,16H,3-5,8-9,11H2,1-2H3. The van der Waals surface area contributed by atoms with Crippen LogP contribution in [0.15, 0.2) is 22.7 Å². The van der Waals surface area contributed by atoms with Gasteiger partial charge in [-0.1, -0.05) is 19.9 Å². The molecule has 0 radical (unpaired) electrons. The van der Waals surface area contributed by atoms with Crippen LogP contribution < -0.4 is 5.32 Å². The molecule has 112 valence electrons. The molecule has 1 N–H and O–H groups in total. The summed E-state index contributed by atoms with van der Waals surface area (Å²) in [6.45, 7) is 9.15. The van der Waals surface area contributed by atoms with Crippen LogP contribution >= 0.6 is 15.9 Å². The Morgan fingerprint density at radius 2 is 2.05 bits per heavy atom. The summed E-state index contributed by atoms with van der Waals surface area (Å²) in [6, 6.07) is 5.24. The summed E-state index contributed by atoms with van der Waals surface area (Å²) in [4.78, 5) is 12.9. The highest BCUT2D eigenvalue weighted by Crippen LogP contribution is 2.25. The summed E-state index contributed by atoms with van der Waals surface area (Å²) in [5.74, 6) is 0. The van der Waals surface area contributed by atoms with E-state index in [9.17, 15) is 10.1 Å². The second-order valence-electron chi connectivity index (χ2n) is 4.60. The topological polar surface area (TPSA) is 58.4 Å². The van der Waals surface area contributed by atoms with E-state index in [0.29, 0.717) is 11.0 Å². The summed E-state index contributed by atoms with van der Waals surface area (Å²) in [7, 11) is 0. The SMILES string of the molecule is CCN(CC)CCCNCc1ccc(Br)c([N+](=O)[O-])c1. The van der Waals surface area contributed by atoms with Crippen molar-refractivity contribution in [2.45, 2.75) is 26.8 Å². The molecule has 0 aliphatic heterocycles. The minimum Gasteiger partial charge on any atom is -0.313 e. The van der Waals surface area contributed by atoms with Crippen molar-refractivity contribution in [2.24, 2.45) is 0 Å². The molecule has 6 heteroatoms. The first-order valence-corrected chi connectivity index (χ1v) is 7.73. The van der Waals surface area contributed by atoms with Gasteiger partial charge in [0.25, 0.3) is 5.69 Å². The van der Waals surface area contributed by atoms with Gasteiger partial charge in [-0.25, -0.2) is 0 Å². The zero-order valence-electron chi connectivity index (χ0n) is 12.1. The van der Waals surface area contributed by atoms with Gasteiger partial charge in [-0.3, -0.25) is 10.1 Å². The van der Waals surface area contributed by atoms with E-state index < -0.39 is 0 Å². The molecule has 0 spiro atoms. The summed E-state index contributed by atoms with van der Waals surface area (Å²) in [6.07, 6.45) is 1.08.